The summed E-state index contributed by atoms with van der Waals surface area (Å²) >= 11 is 0. The first kappa shape index (κ1) is 26.2. The first-order chi connectivity index (χ1) is 17.0. The fraction of sp³-hybridized carbons (Fsp3) is 0.261. The Morgan fingerprint density at radius 1 is 1.22 bits per heavy atom. The number of carbonyl (C=O) groups excluding carboxylic acids is 2. The van der Waals surface area contributed by atoms with Gasteiger partial charge in [-0.3, -0.25) is 4.79 Å². The van der Waals surface area contributed by atoms with E-state index in [1.807, 2.05) is 0 Å². The zero-order valence-electron chi connectivity index (χ0n) is 19.7. The largest absolute Gasteiger partial charge is 0.405 e. The van der Waals surface area contributed by atoms with Crippen molar-refractivity contribution in [2.45, 2.75) is 19.1 Å². The number of hydrogen-bond donors (Lipinski definition) is 4. The molecular weight excluding hydrogens is 477 g/mol. The Labute approximate surface area is 204 Å². The van der Waals surface area contributed by atoms with Crippen LogP contribution in [0.2, 0.25) is 0 Å². The molecule has 0 spiro atoms. The van der Waals surface area contributed by atoms with E-state index in [0.717, 1.165) is 6.21 Å². The van der Waals surface area contributed by atoms with Gasteiger partial charge < -0.3 is 26.3 Å². The van der Waals surface area contributed by atoms with E-state index in [-0.39, 0.29) is 5.91 Å². The van der Waals surface area contributed by atoms with Crippen molar-refractivity contribution in [2.75, 3.05) is 26.0 Å². The minimum Gasteiger partial charge on any atom is -0.379 e. The van der Waals surface area contributed by atoms with E-state index in [9.17, 15) is 22.8 Å². The maximum Gasteiger partial charge on any atom is 0.405 e. The number of anilines is 1. The minimum atomic E-state index is -4.51. The van der Waals surface area contributed by atoms with Crippen LogP contribution in [0, 0.1) is 5.41 Å². The molecule has 190 valence electrons. The molecule has 0 fully saturated rings. The van der Waals surface area contributed by atoms with E-state index in [1.165, 1.54) is 4.90 Å². The van der Waals surface area contributed by atoms with Crippen LogP contribution in [0.25, 0.3) is 22.5 Å². The number of rotatable bonds is 8. The topological polar surface area (TPSA) is 128 Å². The number of alkyl halides is 3. The molecule has 0 aliphatic carbocycles. The van der Waals surface area contributed by atoms with Crippen LogP contribution in [-0.2, 0) is 4.79 Å². The van der Waals surface area contributed by atoms with Crippen LogP contribution in [0.3, 0.4) is 0 Å². The van der Waals surface area contributed by atoms with Crippen molar-refractivity contribution in [3.05, 3.63) is 54.5 Å². The number of aromatic nitrogens is 3. The fourth-order valence-corrected chi connectivity index (χ4v) is 3.22. The van der Waals surface area contributed by atoms with E-state index in [0.29, 0.717) is 33.7 Å². The molecule has 10 nitrogen and oxygen atoms in total. The molecule has 0 aliphatic rings. The molecule has 4 N–H and O–H groups in total. The molecule has 2 aromatic heterocycles. The zero-order chi connectivity index (χ0) is 26.5. The average molecular weight is 503 g/mol. The van der Waals surface area contributed by atoms with E-state index in [4.69, 9.17) is 5.41 Å². The third-order valence-electron chi connectivity index (χ3n) is 5.02. The molecule has 0 radical (unpaired) electrons. The van der Waals surface area contributed by atoms with Crippen LogP contribution in [0.5, 0.6) is 0 Å². The molecule has 3 rings (SSSR count). The summed E-state index contributed by atoms with van der Waals surface area (Å²) in [5.74, 6) is -0.114. The SMILES string of the molecule is CC(N/C=C(\C=N)c1cnn2c(-c3cccc(NC(=O)NCC(F)(F)F)c3)cnc2c1)C(=O)N(C)C. The van der Waals surface area contributed by atoms with Crippen LogP contribution < -0.4 is 16.0 Å². The lowest BCUT2D eigenvalue weighted by molar-refractivity contribution is -0.130. The van der Waals surface area contributed by atoms with Crippen molar-refractivity contribution in [3.63, 3.8) is 0 Å². The summed E-state index contributed by atoms with van der Waals surface area (Å²) in [7, 11) is 3.31. The molecule has 36 heavy (non-hydrogen) atoms. The number of carbonyl (C=O) groups is 2. The Morgan fingerprint density at radius 3 is 2.64 bits per heavy atom. The van der Waals surface area contributed by atoms with Crippen LogP contribution in [0.4, 0.5) is 23.7 Å². The van der Waals surface area contributed by atoms with Gasteiger partial charge in [0.15, 0.2) is 5.65 Å². The second-order valence-corrected chi connectivity index (χ2v) is 8.03. The molecule has 0 aliphatic heterocycles. The lowest BCUT2D eigenvalue weighted by Gasteiger charge is -2.17. The third-order valence-corrected chi connectivity index (χ3v) is 5.02. The molecule has 0 saturated carbocycles. The number of urea groups is 1. The Bertz CT molecular complexity index is 1300. The van der Waals surface area contributed by atoms with E-state index in [2.05, 4.69) is 20.7 Å². The Kier molecular flexibility index (Phi) is 7.92. The highest BCUT2D eigenvalue weighted by atomic mass is 19.4. The van der Waals surface area contributed by atoms with E-state index < -0.39 is 24.8 Å². The van der Waals surface area contributed by atoms with Gasteiger partial charge in [-0.1, -0.05) is 12.1 Å². The number of nitrogens with zero attached hydrogens (tertiary/aromatic N) is 4. The Morgan fingerprint density at radius 2 is 1.97 bits per heavy atom. The van der Waals surface area contributed by atoms with Crippen LogP contribution in [-0.4, -0.2) is 70.5 Å². The summed E-state index contributed by atoms with van der Waals surface area (Å²) in [5, 5.41) is 19.2. The monoisotopic (exact) mass is 502 g/mol. The predicted molar refractivity (Wildman–Crippen MR) is 130 cm³/mol. The van der Waals surface area contributed by atoms with Gasteiger partial charge in [0.1, 0.15) is 12.6 Å². The highest BCUT2D eigenvalue weighted by molar-refractivity contribution is 6.08. The number of imidazole rings is 1. The first-order valence-electron chi connectivity index (χ1n) is 10.7. The summed E-state index contributed by atoms with van der Waals surface area (Å²) in [6, 6.07) is 6.77. The summed E-state index contributed by atoms with van der Waals surface area (Å²) in [5.41, 5.74) is 3.07. The van der Waals surface area contributed by atoms with Gasteiger partial charge in [0.2, 0.25) is 5.91 Å². The third kappa shape index (κ3) is 6.58. The maximum atomic E-state index is 12.3. The smallest absolute Gasteiger partial charge is 0.379 e. The molecule has 2 heterocycles. The molecule has 3 amide bonds. The Balaban J connectivity index is 1.80. The number of fused-ring (bicyclic) bond motifs is 1. The van der Waals surface area contributed by atoms with Crippen molar-refractivity contribution in [2.24, 2.45) is 0 Å². The van der Waals surface area contributed by atoms with E-state index >= 15 is 0 Å². The zero-order valence-corrected chi connectivity index (χ0v) is 19.7. The second kappa shape index (κ2) is 10.9. The number of halogens is 3. The van der Waals surface area contributed by atoms with Gasteiger partial charge >= 0.3 is 12.2 Å². The molecule has 0 bridgehead atoms. The van der Waals surface area contributed by atoms with Gasteiger partial charge in [-0.2, -0.15) is 18.3 Å². The van der Waals surface area contributed by atoms with Crippen molar-refractivity contribution in [1.82, 2.24) is 30.1 Å². The fourth-order valence-electron chi connectivity index (χ4n) is 3.22. The number of allylic oxidation sites excluding steroid dienone is 1. The van der Waals surface area contributed by atoms with Crippen LogP contribution >= 0.6 is 0 Å². The molecule has 0 saturated heterocycles. The van der Waals surface area contributed by atoms with Gasteiger partial charge in [-0.15, -0.1) is 0 Å². The van der Waals surface area contributed by atoms with Gasteiger partial charge in [0, 0.05) is 48.9 Å². The minimum absolute atomic E-state index is 0.114. The normalized spacial score (nSPS) is 12.7. The van der Waals surface area contributed by atoms with Crippen molar-refractivity contribution in [1.29, 1.82) is 5.41 Å². The molecular formula is C23H25F3N8O2. The summed E-state index contributed by atoms with van der Waals surface area (Å²) in [6.07, 6.45) is 1.30. The van der Waals surface area contributed by atoms with Crippen LogP contribution in [0.1, 0.15) is 12.5 Å². The molecule has 1 atom stereocenters. The van der Waals surface area contributed by atoms with Gasteiger partial charge in [-0.05, 0) is 25.1 Å². The quantitative estimate of drug-likeness (QED) is 0.352. The van der Waals surface area contributed by atoms with Gasteiger partial charge in [-0.25, -0.2) is 14.3 Å². The van der Waals surface area contributed by atoms with Crippen molar-refractivity contribution in [3.8, 4) is 11.3 Å². The number of hydrogen-bond acceptors (Lipinski definition) is 6. The molecule has 1 unspecified atom stereocenters. The average Bonchev–Trinajstić information content (AvgIpc) is 3.25. The first-order valence-corrected chi connectivity index (χ1v) is 10.7. The van der Waals surface area contributed by atoms with Crippen LogP contribution in [0.15, 0.2) is 48.9 Å². The van der Waals surface area contributed by atoms with E-state index in [1.54, 1.807) is 79.8 Å². The lowest BCUT2D eigenvalue weighted by Crippen LogP contribution is -2.39. The molecule has 13 heteroatoms. The number of amides is 3. The number of benzene rings is 1. The highest BCUT2D eigenvalue weighted by Gasteiger charge is 2.27. The summed E-state index contributed by atoms with van der Waals surface area (Å²) < 4.78 is 38.5. The molecule has 3 aromatic rings. The Hall–Kier alpha value is -4.42. The number of nitrogens with one attached hydrogen (secondary N) is 4. The van der Waals surface area contributed by atoms with Crippen molar-refractivity contribution >= 4 is 35.1 Å². The number of likely N-dealkylation sites (N-methyl/N-ethyl adjacent to an activating group) is 1. The summed E-state index contributed by atoms with van der Waals surface area (Å²) in [6.45, 7) is 0.274. The maximum absolute atomic E-state index is 12.3. The predicted octanol–water partition coefficient (Wildman–Crippen LogP) is 3.14. The standard InChI is InChI=1S/C23H25F3N8O2/c1-14(21(35)33(2)3)28-10-17(9-27)16-8-20-29-12-19(34(20)31-11-16)15-5-4-6-18(7-15)32-22(36)30-13-23(24,25)26/h4-12,14,27-28H,13H2,1-3H3,(H2,30,32,36)/b17-10+,27-9?. The lowest BCUT2D eigenvalue weighted by atomic mass is 10.1. The van der Waals surface area contributed by atoms with Crippen molar-refractivity contribution < 1.29 is 22.8 Å². The van der Waals surface area contributed by atoms with Gasteiger partial charge in [0.05, 0.1) is 18.1 Å². The molecule has 1 aromatic carbocycles. The second-order valence-electron chi connectivity index (χ2n) is 8.03. The highest BCUT2D eigenvalue weighted by Crippen LogP contribution is 2.24. The summed E-state index contributed by atoms with van der Waals surface area (Å²) in [4.78, 5) is 29.6. The van der Waals surface area contributed by atoms with Gasteiger partial charge in [0.25, 0.3) is 0 Å².